The van der Waals surface area contributed by atoms with Crippen molar-refractivity contribution in [1.29, 1.82) is 0 Å². The molecule has 1 atom stereocenters. The van der Waals surface area contributed by atoms with Crippen molar-refractivity contribution in [2.24, 2.45) is 0 Å². The van der Waals surface area contributed by atoms with E-state index in [1.54, 1.807) is 0 Å². The van der Waals surface area contributed by atoms with Crippen LogP contribution in [0.1, 0.15) is 24.0 Å². The minimum Gasteiger partial charge on any atom is -0.268 e. The highest BCUT2D eigenvalue weighted by Crippen LogP contribution is 2.24. The maximum atomic E-state index is 12.2. The van der Waals surface area contributed by atoms with Gasteiger partial charge in [0, 0.05) is 6.04 Å². The first-order valence-corrected chi connectivity index (χ1v) is 5.80. The van der Waals surface area contributed by atoms with Crippen LogP contribution in [0.4, 0.5) is 8.22 Å². The Kier molecular flexibility index (Phi) is 3.60. The lowest BCUT2D eigenvalue weighted by molar-refractivity contribution is 0.630. The normalized spacial score (nSPS) is 13.3. The van der Waals surface area contributed by atoms with Gasteiger partial charge in [-0.15, -0.1) is 0 Å². The van der Waals surface area contributed by atoms with E-state index >= 15 is 0 Å². The predicted octanol–water partition coefficient (Wildman–Crippen LogP) is 3.53. The van der Waals surface area contributed by atoms with E-state index in [1.165, 1.54) is 0 Å². The van der Waals surface area contributed by atoms with Crippen LogP contribution in [0.3, 0.4) is 0 Å². The first-order valence-electron chi connectivity index (χ1n) is 4.33. The molecule has 0 N–H and O–H groups in total. The van der Waals surface area contributed by atoms with Gasteiger partial charge in [0.1, 0.15) is 0 Å². The second kappa shape index (κ2) is 4.51. The monoisotopic (exact) mass is 199 g/mol. The van der Waals surface area contributed by atoms with Gasteiger partial charge in [-0.25, -0.2) is 0 Å². The summed E-state index contributed by atoms with van der Waals surface area (Å²) in [7, 11) is -3.10. The van der Waals surface area contributed by atoms with E-state index in [-0.39, 0.29) is 12.0 Å². The summed E-state index contributed by atoms with van der Waals surface area (Å²) in [6.07, 6.45) is 0. The van der Waals surface area contributed by atoms with Gasteiger partial charge < -0.3 is 0 Å². The average Bonchev–Trinajstić information content (AvgIpc) is 2.03. The highest BCUT2D eigenvalue weighted by molar-refractivity contribution is 6.42. The van der Waals surface area contributed by atoms with E-state index < -0.39 is 9.46 Å². The fraction of sp³-hybridized carbons (Fsp3) is 0.400. The number of aryl methyl sites for hydroxylation is 1. The number of benzene rings is 1. The van der Waals surface area contributed by atoms with Crippen molar-refractivity contribution in [3.05, 3.63) is 35.4 Å². The minimum atomic E-state index is -3.10. The summed E-state index contributed by atoms with van der Waals surface area (Å²) in [4.78, 5) is 0. The third-order valence-corrected chi connectivity index (χ3v) is 3.10. The quantitative estimate of drug-likeness (QED) is 0.516. The average molecular weight is 199 g/mol. The Morgan fingerprint density at radius 1 is 1.31 bits per heavy atom. The first-order chi connectivity index (χ1) is 6.11. The minimum absolute atomic E-state index is 0.00918. The second-order valence-electron chi connectivity index (χ2n) is 3.30. The maximum absolute atomic E-state index is 12.2. The van der Waals surface area contributed by atoms with E-state index in [2.05, 4.69) is 0 Å². The smallest absolute Gasteiger partial charge is 0.268 e. The van der Waals surface area contributed by atoms with Gasteiger partial charge in [0.2, 0.25) is 0 Å². The Labute approximate surface area is 79.5 Å². The SMILES string of the molecule is Cc1ccccc1C(C)C[Si](F)F. The van der Waals surface area contributed by atoms with Crippen LogP contribution in [0, 0.1) is 6.92 Å². The molecule has 0 spiro atoms. The van der Waals surface area contributed by atoms with Crippen LogP contribution >= 0.6 is 0 Å². The molecule has 0 fully saturated rings. The second-order valence-corrected chi connectivity index (χ2v) is 4.39. The zero-order chi connectivity index (χ0) is 9.84. The van der Waals surface area contributed by atoms with Crippen molar-refractivity contribution in [3.8, 4) is 0 Å². The summed E-state index contributed by atoms with van der Waals surface area (Å²) in [5.41, 5.74) is 2.17. The van der Waals surface area contributed by atoms with Gasteiger partial charge in [0.25, 0.3) is 0 Å². The molecule has 0 aliphatic rings. The van der Waals surface area contributed by atoms with Crippen molar-refractivity contribution in [2.75, 3.05) is 0 Å². The van der Waals surface area contributed by atoms with Crippen molar-refractivity contribution in [2.45, 2.75) is 25.8 Å². The lowest BCUT2D eigenvalue weighted by Crippen LogP contribution is -2.04. The molecule has 3 heteroatoms. The summed E-state index contributed by atoms with van der Waals surface area (Å²) in [6.45, 7) is 3.83. The van der Waals surface area contributed by atoms with Crippen LogP contribution in [0.15, 0.2) is 24.3 Å². The van der Waals surface area contributed by atoms with E-state index in [9.17, 15) is 8.22 Å². The molecule has 0 saturated carbocycles. The number of rotatable bonds is 3. The van der Waals surface area contributed by atoms with Crippen molar-refractivity contribution < 1.29 is 8.22 Å². The number of halogens is 2. The molecule has 0 bridgehead atoms. The Morgan fingerprint density at radius 2 is 1.92 bits per heavy atom. The molecule has 1 radical (unpaired) electrons. The zero-order valence-electron chi connectivity index (χ0n) is 7.85. The van der Waals surface area contributed by atoms with E-state index in [4.69, 9.17) is 0 Å². The molecule has 1 aromatic rings. The van der Waals surface area contributed by atoms with Crippen LogP contribution < -0.4 is 0 Å². The molecule has 0 saturated heterocycles. The Balaban J connectivity index is 2.76. The molecule has 0 nitrogen and oxygen atoms in total. The molecular weight excluding hydrogens is 186 g/mol. The Morgan fingerprint density at radius 3 is 2.46 bits per heavy atom. The van der Waals surface area contributed by atoms with E-state index in [1.807, 2.05) is 38.1 Å². The number of hydrogen-bond donors (Lipinski definition) is 0. The fourth-order valence-electron chi connectivity index (χ4n) is 1.48. The zero-order valence-corrected chi connectivity index (χ0v) is 8.85. The van der Waals surface area contributed by atoms with Crippen LogP contribution in [0.5, 0.6) is 0 Å². The highest BCUT2D eigenvalue weighted by Gasteiger charge is 2.17. The third kappa shape index (κ3) is 2.92. The largest absolute Gasteiger partial charge is 0.477 e. The summed E-state index contributed by atoms with van der Waals surface area (Å²) in [5.74, 6) is -0.00918. The summed E-state index contributed by atoms with van der Waals surface area (Å²) in [6, 6.07) is 7.79. The van der Waals surface area contributed by atoms with Crippen molar-refractivity contribution >= 4 is 9.46 Å². The van der Waals surface area contributed by atoms with Gasteiger partial charge in [-0.2, -0.15) is 0 Å². The lowest BCUT2D eigenvalue weighted by atomic mass is 9.98. The highest BCUT2D eigenvalue weighted by atomic mass is 28.4. The van der Waals surface area contributed by atoms with Gasteiger partial charge >= 0.3 is 9.46 Å². The summed E-state index contributed by atoms with van der Waals surface area (Å²) >= 11 is 0. The molecular formula is C10H13F2Si. The molecule has 0 amide bonds. The van der Waals surface area contributed by atoms with Crippen LogP contribution in [0.25, 0.3) is 0 Å². The van der Waals surface area contributed by atoms with Crippen LogP contribution in [-0.4, -0.2) is 9.46 Å². The van der Waals surface area contributed by atoms with Gasteiger partial charge in [-0.1, -0.05) is 31.2 Å². The first kappa shape index (κ1) is 10.4. The third-order valence-electron chi connectivity index (χ3n) is 2.18. The molecule has 0 aliphatic carbocycles. The van der Waals surface area contributed by atoms with Gasteiger partial charge in [-0.05, 0) is 24.0 Å². The number of hydrogen-bond acceptors (Lipinski definition) is 0. The Hall–Kier alpha value is -0.703. The van der Waals surface area contributed by atoms with E-state index in [0.29, 0.717) is 0 Å². The topological polar surface area (TPSA) is 0 Å². The molecule has 0 heterocycles. The fourth-order valence-corrected chi connectivity index (χ4v) is 2.16. The molecule has 1 rings (SSSR count). The lowest BCUT2D eigenvalue weighted by Gasteiger charge is -2.12. The predicted molar refractivity (Wildman–Crippen MR) is 52.4 cm³/mol. The van der Waals surface area contributed by atoms with Crippen molar-refractivity contribution in [3.63, 3.8) is 0 Å². The molecule has 13 heavy (non-hydrogen) atoms. The molecule has 71 valence electrons. The maximum Gasteiger partial charge on any atom is 0.477 e. The summed E-state index contributed by atoms with van der Waals surface area (Å²) in [5, 5.41) is 0. The van der Waals surface area contributed by atoms with Crippen LogP contribution in [0.2, 0.25) is 6.04 Å². The molecule has 0 aliphatic heterocycles. The molecule has 1 unspecified atom stereocenters. The molecule has 1 aromatic carbocycles. The summed E-state index contributed by atoms with van der Waals surface area (Å²) < 4.78 is 24.4. The van der Waals surface area contributed by atoms with Gasteiger partial charge in [0.15, 0.2) is 0 Å². The van der Waals surface area contributed by atoms with Crippen molar-refractivity contribution in [1.82, 2.24) is 0 Å². The van der Waals surface area contributed by atoms with Crippen LogP contribution in [-0.2, 0) is 0 Å². The standard InChI is InChI=1S/C10H13F2Si/c1-8-5-3-4-6-10(8)9(2)7-13(11)12/h3-6,9H,7H2,1-2H3. The van der Waals surface area contributed by atoms with Gasteiger partial charge in [0.05, 0.1) is 0 Å². The van der Waals surface area contributed by atoms with E-state index in [0.717, 1.165) is 11.1 Å². The van der Waals surface area contributed by atoms with Gasteiger partial charge in [-0.3, -0.25) is 8.22 Å². The Bertz CT molecular complexity index is 273. The molecule has 0 aromatic heterocycles.